The predicted molar refractivity (Wildman–Crippen MR) is 83.6 cm³/mol. The van der Waals surface area contributed by atoms with Crippen LogP contribution in [0.15, 0.2) is 34.7 Å². The maximum Gasteiger partial charge on any atom is 0.353 e. The number of aliphatic carboxylic acids is 1. The van der Waals surface area contributed by atoms with Crippen molar-refractivity contribution in [2.45, 2.75) is 11.4 Å². The summed E-state index contributed by atoms with van der Waals surface area (Å²) < 4.78 is 4.76. The average molecular weight is 342 g/mol. The number of nitrogens with zero attached hydrogens (tertiary/aromatic N) is 1. The van der Waals surface area contributed by atoms with E-state index in [9.17, 15) is 19.5 Å². The highest BCUT2D eigenvalue weighted by atomic mass is 32.2. The summed E-state index contributed by atoms with van der Waals surface area (Å²) in [6, 6.07) is -0.657. The molecular weight excluding hydrogens is 328 g/mol. The second kappa shape index (κ2) is 7.03. The number of β-lactam (4-membered cyclic amide) rings is 1. The number of carboxylic acids is 1. The van der Waals surface area contributed by atoms with E-state index in [4.69, 9.17) is 10.5 Å². The Balaban J connectivity index is 2.09. The highest BCUT2D eigenvalue weighted by Gasteiger charge is 2.51. The summed E-state index contributed by atoms with van der Waals surface area (Å²) in [6.45, 7) is 3.53. The van der Waals surface area contributed by atoms with E-state index in [1.165, 1.54) is 34.2 Å². The summed E-state index contributed by atoms with van der Waals surface area (Å²) in [6.07, 6.45) is 2.64. The number of thioether (sulfide) groups is 2. The Bertz CT molecular complexity index is 587. The van der Waals surface area contributed by atoms with Crippen LogP contribution in [0.3, 0.4) is 0 Å². The first-order valence-corrected chi connectivity index (χ1v) is 8.17. The summed E-state index contributed by atoms with van der Waals surface area (Å²) in [5, 5.41) is 10.4. The molecule has 1 amide bonds. The van der Waals surface area contributed by atoms with Crippen molar-refractivity contribution >= 4 is 41.4 Å². The average Bonchev–Trinajstić information content (AvgIpc) is 2.51. The van der Waals surface area contributed by atoms with Gasteiger partial charge in [0.15, 0.2) is 0 Å². The number of carboxylic acid groups (broad SMARTS) is 1. The molecule has 0 bridgehead atoms. The summed E-state index contributed by atoms with van der Waals surface area (Å²) >= 11 is 2.48. The topological polar surface area (TPSA) is 110 Å². The highest BCUT2D eigenvalue weighted by molar-refractivity contribution is 8.08. The molecule has 3 N–H and O–H groups in total. The number of hydrogen-bond donors (Lipinski definition) is 2. The van der Waals surface area contributed by atoms with E-state index in [1.807, 2.05) is 0 Å². The van der Waals surface area contributed by atoms with Gasteiger partial charge < -0.3 is 15.6 Å². The van der Waals surface area contributed by atoms with Gasteiger partial charge in [0, 0.05) is 16.7 Å². The lowest BCUT2D eigenvalue weighted by atomic mass is 10.1. The van der Waals surface area contributed by atoms with Gasteiger partial charge in [0.2, 0.25) is 5.91 Å². The molecule has 9 heteroatoms. The largest absolute Gasteiger partial charge is 0.477 e. The SMILES string of the molecule is C=CCOC(=O)/C=C\SC1=C(C(=O)O)N2C(=O)[C@@H](N)[C@H]2SC1. The summed E-state index contributed by atoms with van der Waals surface area (Å²) in [5.41, 5.74) is 5.59. The molecule has 7 nitrogen and oxygen atoms in total. The summed E-state index contributed by atoms with van der Waals surface area (Å²) in [5.74, 6) is -1.72. The number of rotatable bonds is 6. The Hall–Kier alpha value is -1.71. The van der Waals surface area contributed by atoms with Crippen molar-refractivity contribution in [2.75, 3.05) is 12.4 Å². The van der Waals surface area contributed by atoms with Gasteiger partial charge >= 0.3 is 11.9 Å². The second-order valence-electron chi connectivity index (χ2n) is 4.35. The molecule has 0 saturated carbocycles. The minimum absolute atomic E-state index is 0.0652. The van der Waals surface area contributed by atoms with Crippen molar-refractivity contribution in [3.05, 3.63) is 34.7 Å². The number of nitrogens with two attached hydrogens (primary N) is 1. The molecule has 0 aromatic carbocycles. The molecule has 118 valence electrons. The third kappa shape index (κ3) is 3.21. The van der Waals surface area contributed by atoms with E-state index in [0.717, 1.165) is 11.8 Å². The van der Waals surface area contributed by atoms with E-state index in [-0.39, 0.29) is 17.7 Å². The Morgan fingerprint density at radius 3 is 2.95 bits per heavy atom. The molecule has 1 fully saturated rings. The normalized spacial score (nSPS) is 24.0. The molecule has 0 radical (unpaired) electrons. The molecule has 0 aliphatic carbocycles. The van der Waals surface area contributed by atoms with Crippen LogP contribution >= 0.6 is 23.5 Å². The van der Waals surface area contributed by atoms with Gasteiger partial charge in [-0.1, -0.05) is 24.4 Å². The fraction of sp³-hybridized carbons (Fsp3) is 0.308. The molecule has 0 aromatic heterocycles. The van der Waals surface area contributed by atoms with Gasteiger partial charge in [-0.15, -0.1) is 11.8 Å². The lowest BCUT2D eigenvalue weighted by Gasteiger charge is -2.47. The van der Waals surface area contributed by atoms with Gasteiger partial charge in [-0.2, -0.15) is 0 Å². The Kier molecular flexibility index (Phi) is 5.33. The standard InChI is InChI=1S/C13H14N2O5S2/c1-2-4-20-8(16)3-5-21-7-6-22-12-9(14)11(17)15(12)10(7)13(18)19/h2-3,5,9,12H,1,4,6,14H2,(H,18,19)/b5-3-/t9-,12-/m1/s1. The van der Waals surface area contributed by atoms with Gasteiger partial charge in [-0.25, -0.2) is 9.59 Å². The number of hydrogen-bond acceptors (Lipinski definition) is 7. The second-order valence-corrected chi connectivity index (χ2v) is 6.46. The smallest absolute Gasteiger partial charge is 0.353 e. The van der Waals surface area contributed by atoms with Crippen molar-refractivity contribution in [3.63, 3.8) is 0 Å². The molecule has 2 rings (SSSR count). The number of ether oxygens (including phenoxy) is 1. The first kappa shape index (κ1) is 16.7. The first-order valence-electron chi connectivity index (χ1n) is 6.25. The maximum atomic E-state index is 11.7. The molecule has 0 spiro atoms. The monoisotopic (exact) mass is 342 g/mol. The Morgan fingerprint density at radius 1 is 1.59 bits per heavy atom. The van der Waals surface area contributed by atoms with Crippen LogP contribution in [0, 0.1) is 0 Å². The van der Waals surface area contributed by atoms with Gasteiger partial charge in [-0.05, 0) is 5.41 Å². The van der Waals surface area contributed by atoms with Crippen LogP contribution in [0.2, 0.25) is 0 Å². The number of amides is 1. The van der Waals surface area contributed by atoms with Crippen LogP contribution in [0.25, 0.3) is 0 Å². The van der Waals surface area contributed by atoms with Crippen LogP contribution < -0.4 is 5.73 Å². The minimum Gasteiger partial charge on any atom is -0.477 e. The third-order valence-corrected chi connectivity index (χ3v) is 5.31. The zero-order valence-corrected chi connectivity index (χ0v) is 13.1. The third-order valence-electron chi connectivity index (χ3n) is 2.93. The number of carbonyl (C=O) groups excluding carboxylic acids is 2. The van der Waals surface area contributed by atoms with Crippen molar-refractivity contribution in [3.8, 4) is 0 Å². The maximum absolute atomic E-state index is 11.7. The lowest BCUT2D eigenvalue weighted by molar-refractivity contribution is -0.147. The predicted octanol–water partition coefficient (Wildman–Crippen LogP) is 0.501. The van der Waals surface area contributed by atoms with E-state index >= 15 is 0 Å². The molecule has 2 atom stereocenters. The van der Waals surface area contributed by atoms with Gasteiger partial charge in [0.05, 0.1) is 0 Å². The highest BCUT2D eigenvalue weighted by Crippen LogP contribution is 2.42. The molecule has 2 aliphatic heterocycles. The van der Waals surface area contributed by atoms with Crippen LogP contribution in [0.5, 0.6) is 0 Å². The molecule has 2 aliphatic rings. The molecular formula is C13H14N2O5S2. The Labute approximate surface area is 135 Å². The lowest BCUT2D eigenvalue weighted by Crippen LogP contribution is -2.68. The fourth-order valence-corrected chi connectivity index (χ4v) is 4.20. The quantitative estimate of drug-likeness (QED) is 0.311. The number of esters is 1. The molecule has 0 aromatic rings. The van der Waals surface area contributed by atoms with Crippen LogP contribution in [0.1, 0.15) is 0 Å². The summed E-state index contributed by atoms with van der Waals surface area (Å²) in [7, 11) is 0. The van der Waals surface area contributed by atoms with Crippen LogP contribution in [-0.4, -0.2) is 51.6 Å². The molecule has 22 heavy (non-hydrogen) atoms. The number of carbonyl (C=O) groups is 3. The van der Waals surface area contributed by atoms with E-state index in [0.29, 0.717) is 10.7 Å². The minimum atomic E-state index is -1.18. The fourth-order valence-electron chi connectivity index (χ4n) is 1.94. The van der Waals surface area contributed by atoms with E-state index < -0.39 is 23.9 Å². The zero-order chi connectivity index (χ0) is 16.3. The van der Waals surface area contributed by atoms with E-state index in [2.05, 4.69) is 6.58 Å². The summed E-state index contributed by atoms with van der Waals surface area (Å²) in [4.78, 5) is 36.1. The van der Waals surface area contributed by atoms with Gasteiger partial charge in [0.1, 0.15) is 23.7 Å². The van der Waals surface area contributed by atoms with E-state index in [1.54, 1.807) is 0 Å². The zero-order valence-electron chi connectivity index (χ0n) is 11.4. The Morgan fingerprint density at radius 2 is 2.32 bits per heavy atom. The first-order chi connectivity index (χ1) is 10.5. The van der Waals surface area contributed by atoms with Crippen LogP contribution in [-0.2, 0) is 19.1 Å². The van der Waals surface area contributed by atoms with Crippen molar-refractivity contribution in [2.24, 2.45) is 5.73 Å². The molecule has 0 unspecified atom stereocenters. The number of fused-ring (bicyclic) bond motifs is 1. The van der Waals surface area contributed by atoms with Gasteiger partial charge in [-0.3, -0.25) is 9.69 Å². The van der Waals surface area contributed by atoms with Crippen molar-refractivity contribution in [1.82, 2.24) is 4.90 Å². The van der Waals surface area contributed by atoms with Crippen LogP contribution in [0.4, 0.5) is 0 Å². The van der Waals surface area contributed by atoms with Gasteiger partial charge in [0.25, 0.3) is 0 Å². The molecule has 2 heterocycles. The van der Waals surface area contributed by atoms with Crippen molar-refractivity contribution in [1.29, 1.82) is 0 Å². The molecule has 1 saturated heterocycles. The van der Waals surface area contributed by atoms with Crippen molar-refractivity contribution < 1.29 is 24.2 Å².